The normalized spacial score (nSPS) is 13.5. The number of hydrogen-bond donors (Lipinski definition) is 5. The first-order chi connectivity index (χ1) is 5.27. The van der Waals surface area contributed by atoms with Gasteiger partial charge in [0.05, 0.1) is 0 Å². The van der Waals surface area contributed by atoms with Crippen LogP contribution in [0.2, 0.25) is 0 Å². The summed E-state index contributed by atoms with van der Waals surface area (Å²) in [6.45, 7) is 0. The van der Waals surface area contributed by atoms with Crippen LogP contribution in [0.3, 0.4) is 0 Å². The van der Waals surface area contributed by atoms with E-state index in [2.05, 4.69) is 26.4 Å². The number of aromatic nitrogens is 2. The van der Waals surface area contributed by atoms with Crippen LogP contribution in [-0.2, 0) is 0 Å². The van der Waals surface area contributed by atoms with E-state index in [9.17, 15) is 4.79 Å². The lowest BCUT2D eigenvalue weighted by Gasteiger charge is -1.95. The van der Waals surface area contributed by atoms with E-state index in [-0.39, 0.29) is 11.5 Å². The van der Waals surface area contributed by atoms with E-state index < -0.39 is 0 Å². The molecule has 2 rings (SSSR count). The van der Waals surface area contributed by atoms with Crippen LogP contribution in [0, 0.1) is 0 Å². The van der Waals surface area contributed by atoms with Crippen molar-refractivity contribution in [3.8, 4) is 0 Å². The number of aromatic amines is 1. The molecule has 0 spiro atoms. The number of hydrogen-bond acceptors (Lipinski definition) is 6. The fraction of sp³-hybridized carbons (Fsp3) is 0. The number of rotatable bonds is 0. The van der Waals surface area contributed by atoms with E-state index in [1.807, 2.05) is 0 Å². The first-order valence-electron chi connectivity index (χ1n) is 2.94. The van der Waals surface area contributed by atoms with E-state index in [1.165, 1.54) is 0 Å². The molecule has 0 amide bonds. The lowest BCUT2D eigenvalue weighted by Crippen LogP contribution is -2.21. The first-order valence-corrected chi connectivity index (χ1v) is 2.94. The highest BCUT2D eigenvalue weighted by atomic mass is 16.1. The molecular formula is C4H6N6O. The maximum absolute atomic E-state index is 11.0. The Labute approximate surface area is 61.0 Å². The van der Waals surface area contributed by atoms with Gasteiger partial charge in [-0.2, -0.15) is 4.98 Å². The minimum Gasteiger partial charge on any atom is -0.369 e. The molecule has 7 heteroatoms. The largest absolute Gasteiger partial charge is 0.369 e. The fourth-order valence-electron chi connectivity index (χ4n) is 0.850. The average Bonchev–Trinajstić information content (AvgIpc) is 2.34. The van der Waals surface area contributed by atoms with Crippen LogP contribution in [-0.4, -0.2) is 9.97 Å². The Hall–Kier alpha value is -1.76. The lowest BCUT2D eigenvalue weighted by molar-refractivity contribution is 0.998. The van der Waals surface area contributed by atoms with Crippen LogP contribution >= 0.6 is 0 Å². The number of nitrogens with one attached hydrogen (secondary N) is 4. The van der Waals surface area contributed by atoms with Gasteiger partial charge in [-0.1, -0.05) is 0 Å². The molecule has 2 heterocycles. The van der Waals surface area contributed by atoms with Crippen LogP contribution in [0.1, 0.15) is 0 Å². The Balaban J connectivity index is 2.70. The van der Waals surface area contributed by atoms with E-state index in [0.717, 1.165) is 0 Å². The standard InChI is InChI=1S/C4H6N6O/c5-4-6-2-1(3(11)7-4)8-10-9-2/h8,10H,(H4,5,6,7,9,11). The summed E-state index contributed by atoms with van der Waals surface area (Å²) in [5.74, 6) is 0.498. The number of H-pyrrole nitrogens is 1. The Bertz CT molecular complexity index is 343. The van der Waals surface area contributed by atoms with Crippen molar-refractivity contribution in [2.24, 2.45) is 0 Å². The summed E-state index contributed by atoms with van der Waals surface area (Å²) in [4.78, 5) is 17.2. The van der Waals surface area contributed by atoms with Crippen LogP contribution in [0.5, 0.6) is 0 Å². The number of hydrazine groups is 2. The van der Waals surface area contributed by atoms with E-state index >= 15 is 0 Å². The summed E-state index contributed by atoms with van der Waals surface area (Å²) in [5.41, 5.74) is 13.0. The second-order valence-corrected chi connectivity index (χ2v) is 2.05. The Morgan fingerprint density at radius 2 is 2.18 bits per heavy atom. The molecule has 0 aromatic carbocycles. The van der Waals surface area contributed by atoms with Crippen molar-refractivity contribution in [3.63, 3.8) is 0 Å². The molecule has 0 atom stereocenters. The van der Waals surface area contributed by atoms with Crippen LogP contribution in [0.25, 0.3) is 0 Å². The molecule has 11 heavy (non-hydrogen) atoms. The smallest absolute Gasteiger partial charge is 0.279 e. The summed E-state index contributed by atoms with van der Waals surface area (Å²) in [5, 5.41) is 0. The van der Waals surface area contributed by atoms with Gasteiger partial charge in [-0.25, -0.2) is 0 Å². The SMILES string of the molecule is Nc1nc2c(c(=O)[nH]1)NNN2. The van der Waals surface area contributed by atoms with E-state index in [0.29, 0.717) is 11.5 Å². The number of anilines is 3. The number of fused-ring (bicyclic) bond motifs is 1. The third-order valence-electron chi connectivity index (χ3n) is 1.31. The third-order valence-corrected chi connectivity index (χ3v) is 1.31. The van der Waals surface area contributed by atoms with Gasteiger partial charge in [0, 0.05) is 0 Å². The van der Waals surface area contributed by atoms with Crippen LogP contribution in [0.4, 0.5) is 17.5 Å². The molecule has 0 aliphatic carbocycles. The number of nitrogens with two attached hydrogens (primary N) is 1. The van der Waals surface area contributed by atoms with Gasteiger partial charge in [0.2, 0.25) is 5.95 Å². The molecule has 7 nitrogen and oxygen atoms in total. The highest BCUT2D eigenvalue weighted by Crippen LogP contribution is 2.15. The van der Waals surface area contributed by atoms with Crippen LogP contribution in [0.15, 0.2) is 4.79 Å². The second kappa shape index (κ2) is 1.86. The minimum atomic E-state index is -0.301. The van der Waals surface area contributed by atoms with Crippen molar-refractivity contribution in [2.45, 2.75) is 0 Å². The zero-order valence-electron chi connectivity index (χ0n) is 5.43. The average molecular weight is 154 g/mol. The second-order valence-electron chi connectivity index (χ2n) is 2.05. The minimum absolute atomic E-state index is 0.0896. The highest BCUT2D eigenvalue weighted by Gasteiger charge is 2.14. The van der Waals surface area contributed by atoms with Gasteiger partial charge in [0.15, 0.2) is 11.5 Å². The highest BCUT2D eigenvalue weighted by molar-refractivity contribution is 5.66. The Kier molecular flexibility index (Phi) is 1.01. The summed E-state index contributed by atoms with van der Waals surface area (Å²) in [6, 6.07) is 0. The fourth-order valence-corrected chi connectivity index (χ4v) is 0.850. The van der Waals surface area contributed by atoms with Gasteiger partial charge in [-0.3, -0.25) is 20.6 Å². The molecule has 0 saturated carbocycles. The molecular weight excluding hydrogens is 148 g/mol. The van der Waals surface area contributed by atoms with E-state index in [4.69, 9.17) is 5.73 Å². The van der Waals surface area contributed by atoms with Gasteiger partial charge in [0.1, 0.15) is 0 Å². The molecule has 0 radical (unpaired) electrons. The maximum Gasteiger partial charge on any atom is 0.279 e. The quantitative estimate of drug-likeness (QED) is 0.315. The van der Waals surface area contributed by atoms with Crippen molar-refractivity contribution in [1.29, 1.82) is 0 Å². The molecule has 58 valence electrons. The van der Waals surface area contributed by atoms with Gasteiger partial charge in [0.25, 0.3) is 5.56 Å². The summed E-state index contributed by atoms with van der Waals surface area (Å²) in [6.07, 6.45) is 0. The van der Waals surface area contributed by atoms with Gasteiger partial charge < -0.3 is 5.73 Å². The third kappa shape index (κ3) is 0.783. The van der Waals surface area contributed by atoms with Gasteiger partial charge in [-0.05, 0) is 0 Å². The zero-order chi connectivity index (χ0) is 7.84. The van der Waals surface area contributed by atoms with Crippen molar-refractivity contribution < 1.29 is 0 Å². The molecule has 1 aromatic rings. The topological polar surface area (TPSA) is 108 Å². The molecule has 1 aliphatic rings. The summed E-state index contributed by atoms with van der Waals surface area (Å²) >= 11 is 0. The monoisotopic (exact) mass is 154 g/mol. The number of nitrogen functional groups attached to an aromatic ring is 1. The molecule has 0 unspecified atom stereocenters. The van der Waals surface area contributed by atoms with Crippen molar-refractivity contribution >= 4 is 17.5 Å². The summed E-state index contributed by atoms with van der Waals surface area (Å²) < 4.78 is 0. The molecule has 0 fully saturated rings. The molecule has 6 N–H and O–H groups in total. The first kappa shape index (κ1) is 5.98. The number of nitrogens with zero attached hydrogens (tertiary/aromatic N) is 1. The maximum atomic E-state index is 11.0. The van der Waals surface area contributed by atoms with Crippen LogP contribution < -0.4 is 27.7 Å². The van der Waals surface area contributed by atoms with Gasteiger partial charge >= 0.3 is 0 Å². The lowest BCUT2D eigenvalue weighted by atomic mass is 10.5. The molecule has 1 aliphatic heterocycles. The molecule has 0 bridgehead atoms. The molecule has 0 saturated heterocycles. The predicted octanol–water partition coefficient (Wildman–Crippen LogP) is -1.39. The Morgan fingerprint density at radius 1 is 1.36 bits per heavy atom. The van der Waals surface area contributed by atoms with Gasteiger partial charge in [-0.15, -0.1) is 5.53 Å². The summed E-state index contributed by atoms with van der Waals surface area (Å²) in [7, 11) is 0. The van der Waals surface area contributed by atoms with Crippen molar-refractivity contribution in [1.82, 2.24) is 15.5 Å². The van der Waals surface area contributed by atoms with Crippen molar-refractivity contribution in [3.05, 3.63) is 10.4 Å². The van der Waals surface area contributed by atoms with Crippen molar-refractivity contribution in [2.75, 3.05) is 16.6 Å². The predicted molar refractivity (Wildman–Crippen MR) is 39.7 cm³/mol. The van der Waals surface area contributed by atoms with E-state index in [1.54, 1.807) is 0 Å². The molecule has 1 aromatic heterocycles. The Morgan fingerprint density at radius 3 is 3.00 bits per heavy atom. The zero-order valence-corrected chi connectivity index (χ0v) is 5.43.